The van der Waals surface area contributed by atoms with Gasteiger partial charge >= 0.3 is 0 Å². The molecule has 148 valence electrons. The van der Waals surface area contributed by atoms with E-state index in [1.807, 2.05) is 24.8 Å². The van der Waals surface area contributed by atoms with Gasteiger partial charge in [-0.3, -0.25) is 4.79 Å². The van der Waals surface area contributed by atoms with Crippen LogP contribution in [0.4, 0.5) is 5.69 Å². The number of carbonyl (C=O) groups excluding carboxylic acids is 1. The molecular weight excluding hydrogens is 396 g/mol. The van der Waals surface area contributed by atoms with Gasteiger partial charge in [0.15, 0.2) is 0 Å². The van der Waals surface area contributed by atoms with Gasteiger partial charge in [-0.2, -0.15) is 0 Å². The quantitative estimate of drug-likeness (QED) is 0.801. The highest BCUT2D eigenvalue weighted by Crippen LogP contribution is 2.44. The average Bonchev–Trinajstić information content (AvgIpc) is 3.46. The minimum absolute atomic E-state index is 0.120. The number of anilines is 1. The first-order valence-corrected chi connectivity index (χ1v) is 11.2. The van der Waals surface area contributed by atoms with Gasteiger partial charge in [0.1, 0.15) is 0 Å². The molecule has 0 unspecified atom stereocenters. The molecule has 1 saturated carbocycles. The van der Waals surface area contributed by atoms with Crippen molar-refractivity contribution in [2.45, 2.75) is 43.5 Å². The normalized spacial score (nSPS) is 18.2. The Balaban J connectivity index is 1.61. The lowest BCUT2D eigenvalue weighted by Crippen LogP contribution is -2.34. The molecule has 1 N–H and O–H groups in total. The van der Waals surface area contributed by atoms with Crippen molar-refractivity contribution in [3.8, 4) is 0 Å². The van der Waals surface area contributed by atoms with Gasteiger partial charge in [-0.05, 0) is 48.2 Å². The molecule has 2 aromatic carbocycles. The van der Waals surface area contributed by atoms with E-state index in [0.717, 1.165) is 29.7 Å². The molecule has 1 amide bonds. The van der Waals surface area contributed by atoms with E-state index in [1.165, 1.54) is 0 Å². The van der Waals surface area contributed by atoms with E-state index in [9.17, 15) is 13.2 Å². The van der Waals surface area contributed by atoms with Crippen LogP contribution in [0.15, 0.2) is 47.4 Å². The highest BCUT2D eigenvalue weighted by molar-refractivity contribution is 7.89. The van der Waals surface area contributed by atoms with Crippen LogP contribution in [-0.4, -0.2) is 20.9 Å². The summed E-state index contributed by atoms with van der Waals surface area (Å²) in [6.07, 6.45) is 1.90. The van der Waals surface area contributed by atoms with Crippen LogP contribution in [-0.2, 0) is 26.8 Å². The van der Waals surface area contributed by atoms with Gasteiger partial charge in [0.2, 0.25) is 15.9 Å². The third kappa shape index (κ3) is 3.56. The minimum atomic E-state index is -3.70. The lowest BCUT2D eigenvalue weighted by Gasteiger charge is -2.20. The molecule has 0 radical (unpaired) electrons. The van der Waals surface area contributed by atoms with E-state index in [4.69, 9.17) is 11.6 Å². The highest BCUT2D eigenvalue weighted by atomic mass is 35.5. The molecule has 28 heavy (non-hydrogen) atoms. The molecule has 0 aromatic heterocycles. The van der Waals surface area contributed by atoms with Crippen LogP contribution in [0, 0.1) is 5.92 Å². The third-order valence-corrected chi connectivity index (χ3v) is 7.22. The van der Waals surface area contributed by atoms with E-state index in [-0.39, 0.29) is 28.7 Å². The van der Waals surface area contributed by atoms with Crippen molar-refractivity contribution in [3.63, 3.8) is 0 Å². The number of hydrogen-bond donors (Lipinski definition) is 1. The molecule has 0 spiro atoms. The first kappa shape index (κ1) is 19.4. The number of fused-ring (bicyclic) bond motifs is 1. The molecule has 1 aliphatic carbocycles. The summed E-state index contributed by atoms with van der Waals surface area (Å²) in [7, 11) is -3.70. The van der Waals surface area contributed by atoms with Gasteiger partial charge in [-0.25, -0.2) is 13.1 Å². The summed E-state index contributed by atoms with van der Waals surface area (Å²) in [5, 5.41) is 0.523. The Morgan fingerprint density at radius 2 is 1.93 bits per heavy atom. The van der Waals surface area contributed by atoms with Gasteiger partial charge < -0.3 is 4.90 Å². The number of nitrogens with zero attached hydrogens (tertiary/aromatic N) is 1. The molecule has 5 nitrogen and oxygen atoms in total. The number of sulfonamides is 1. The molecule has 4 rings (SSSR count). The maximum atomic E-state index is 12.8. The van der Waals surface area contributed by atoms with Crippen molar-refractivity contribution in [1.82, 2.24) is 4.72 Å². The van der Waals surface area contributed by atoms with Gasteiger partial charge in [-0.15, -0.1) is 0 Å². The minimum Gasteiger partial charge on any atom is -0.311 e. The van der Waals surface area contributed by atoms with Crippen molar-refractivity contribution in [2.75, 3.05) is 11.4 Å². The van der Waals surface area contributed by atoms with Gasteiger partial charge in [-0.1, -0.05) is 43.6 Å². The molecule has 0 saturated heterocycles. The number of nitrogens with one attached hydrogen (secondary N) is 1. The van der Waals surface area contributed by atoms with Crippen molar-refractivity contribution in [2.24, 2.45) is 5.92 Å². The standard InChI is InChI=1S/C21H23ClN2O3S/c1-21(2)13-24(20(25)14-7-8-14)19-10-9-16(11-17(19)21)28(26,27)23-12-15-5-3-4-6-18(15)22/h3-6,9-11,14,23H,7-8,12-13H2,1-2H3. The predicted octanol–water partition coefficient (Wildman–Crippen LogP) is 3.85. The number of carbonyl (C=O) groups is 1. The topological polar surface area (TPSA) is 66.5 Å². The van der Waals surface area contributed by atoms with Crippen LogP contribution >= 0.6 is 11.6 Å². The number of rotatable bonds is 5. The summed E-state index contributed by atoms with van der Waals surface area (Å²) >= 11 is 6.12. The Kier molecular flexibility index (Phi) is 4.76. The van der Waals surface area contributed by atoms with E-state index in [2.05, 4.69) is 4.72 Å². The smallest absolute Gasteiger partial charge is 0.240 e. The molecular formula is C21H23ClN2O3S. The Morgan fingerprint density at radius 1 is 1.21 bits per heavy atom. The highest BCUT2D eigenvalue weighted by Gasteiger charge is 2.43. The number of amides is 1. The number of benzene rings is 2. The Labute approximate surface area is 170 Å². The van der Waals surface area contributed by atoms with Crippen LogP contribution in [0.1, 0.15) is 37.8 Å². The summed E-state index contributed by atoms with van der Waals surface area (Å²) < 4.78 is 28.3. The fraction of sp³-hybridized carbons (Fsp3) is 0.381. The molecule has 2 aromatic rings. The molecule has 1 heterocycles. The van der Waals surface area contributed by atoms with Crippen molar-refractivity contribution < 1.29 is 13.2 Å². The zero-order valence-electron chi connectivity index (χ0n) is 15.9. The van der Waals surface area contributed by atoms with Crippen LogP contribution in [0.5, 0.6) is 0 Å². The Morgan fingerprint density at radius 3 is 2.61 bits per heavy atom. The van der Waals surface area contributed by atoms with Crippen LogP contribution in [0.25, 0.3) is 0 Å². The average molecular weight is 419 g/mol. The molecule has 2 aliphatic rings. The van der Waals surface area contributed by atoms with Crippen molar-refractivity contribution in [1.29, 1.82) is 0 Å². The molecule has 1 aliphatic heterocycles. The number of halogens is 1. The second-order valence-corrected chi connectivity index (χ2v) is 10.4. The first-order valence-electron chi connectivity index (χ1n) is 9.38. The maximum absolute atomic E-state index is 12.8. The molecule has 0 bridgehead atoms. The fourth-order valence-corrected chi connectivity index (χ4v) is 4.91. The second-order valence-electron chi connectivity index (χ2n) is 8.18. The zero-order valence-corrected chi connectivity index (χ0v) is 17.5. The summed E-state index contributed by atoms with van der Waals surface area (Å²) in [6.45, 7) is 4.78. The number of hydrogen-bond acceptors (Lipinski definition) is 3. The predicted molar refractivity (Wildman–Crippen MR) is 110 cm³/mol. The van der Waals surface area contributed by atoms with E-state index >= 15 is 0 Å². The summed E-state index contributed by atoms with van der Waals surface area (Å²) in [4.78, 5) is 14.6. The lowest BCUT2D eigenvalue weighted by molar-refractivity contribution is -0.119. The Bertz CT molecular complexity index is 1050. The maximum Gasteiger partial charge on any atom is 0.240 e. The van der Waals surface area contributed by atoms with E-state index < -0.39 is 10.0 Å². The second kappa shape index (κ2) is 6.87. The van der Waals surface area contributed by atoms with Crippen molar-refractivity contribution >= 4 is 33.2 Å². The largest absolute Gasteiger partial charge is 0.311 e. The van der Waals surface area contributed by atoms with Gasteiger partial charge in [0.25, 0.3) is 0 Å². The zero-order chi connectivity index (χ0) is 20.1. The van der Waals surface area contributed by atoms with Gasteiger partial charge in [0, 0.05) is 35.1 Å². The summed E-state index contributed by atoms with van der Waals surface area (Å²) in [5.41, 5.74) is 2.14. The lowest BCUT2D eigenvalue weighted by atomic mass is 9.87. The van der Waals surface area contributed by atoms with Gasteiger partial charge in [0.05, 0.1) is 4.90 Å². The SMILES string of the molecule is CC1(C)CN(C(=O)C2CC2)c2ccc(S(=O)(=O)NCc3ccccc3Cl)cc21. The van der Waals surface area contributed by atoms with Crippen LogP contribution in [0.2, 0.25) is 5.02 Å². The Hall–Kier alpha value is -1.89. The monoisotopic (exact) mass is 418 g/mol. The molecule has 0 atom stereocenters. The fourth-order valence-electron chi connectivity index (χ4n) is 3.67. The van der Waals surface area contributed by atoms with Crippen LogP contribution in [0.3, 0.4) is 0 Å². The first-order chi connectivity index (χ1) is 13.2. The molecule has 1 fully saturated rings. The van der Waals surface area contributed by atoms with E-state index in [1.54, 1.807) is 36.4 Å². The van der Waals surface area contributed by atoms with Crippen LogP contribution < -0.4 is 9.62 Å². The molecule has 7 heteroatoms. The van der Waals surface area contributed by atoms with Crippen molar-refractivity contribution in [3.05, 3.63) is 58.6 Å². The summed E-state index contributed by atoms with van der Waals surface area (Å²) in [5.74, 6) is 0.279. The third-order valence-electron chi connectivity index (χ3n) is 5.45. The summed E-state index contributed by atoms with van der Waals surface area (Å²) in [6, 6.07) is 12.2. The van der Waals surface area contributed by atoms with E-state index in [0.29, 0.717) is 11.6 Å².